The van der Waals surface area contributed by atoms with E-state index in [-0.39, 0.29) is 5.83 Å². The topological polar surface area (TPSA) is 17.3 Å². The number of thioether (sulfide) groups is 1. The third-order valence-corrected chi connectivity index (χ3v) is 5.56. The summed E-state index contributed by atoms with van der Waals surface area (Å²) in [7, 11) is 0. The Balaban J connectivity index is 2.07. The maximum Gasteiger partial charge on any atom is 0.145 e. The first-order chi connectivity index (χ1) is 13.6. The van der Waals surface area contributed by atoms with Crippen molar-refractivity contribution in [2.45, 2.75) is 18.7 Å². The minimum absolute atomic E-state index is 0.239. The zero-order valence-corrected chi connectivity index (χ0v) is 16.9. The van der Waals surface area contributed by atoms with Crippen LogP contribution in [0.15, 0.2) is 83.7 Å². The van der Waals surface area contributed by atoms with E-state index < -0.39 is 0 Å². The molecule has 0 saturated carbocycles. The molecule has 0 N–H and O–H groups in total. The molecule has 0 bridgehead atoms. The van der Waals surface area contributed by atoms with E-state index in [0.717, 1.165) is 38.9 Å². The predicted octanol–water partition coefficient (Wildman–Crippen LogP) is 7.15. The minimum atomic E-state index is -0.239. The summed E-state index contributed by atoms with van der Waals surface area (Å²) in [6.07, 6.45) is 7.51. The van der Waals surface area contributed by atoms with Crippen LogP contribution in [-0.2, 0) is 0 Å². The van der Waals surface area contributed by atoms with E-state index in [0.29, 0.717) is 0 Å². The normalized spacial score (nSPS) is 12.9. The van der Waals surface area contributed by atoms with E-state index in [1.165, 1.54) is 17.9 Å². The first-order valence-corrected chi connectivity index (χ1v) is 10.4. The fourth-order valence-electron chi connectivity index (χ4n) is 3.49. The van der Waals surface area contributed by atoms with Gasteiger partial charge in [-0.25, -0.2) is 9.37 Å². The van der Waals surface area contributed by atoms with Crippen molar-refractivity contribution < 1.29 is 4.39 Å². The second-order valence-corrected chi connectivity index (χ2v) is 7.49. The summed E-state index contributed by atoms with van der Waals surface area (Å²) >= 11 is 1.72. The summed E-state index contributed by atoms with van der Waals surface area (Å²) in [4.78, 5) is 6.18. The Morgan fingerprint density at radius 3 is 2.50 bits per heavy atom. The second-order valence-electron chi connectivity index (χ2n) is 6.61. The van der Waals surface area contributed by atoms with Gasteiger partial charge in [-0.3, -0.25) is 4.40 Å². The molecule has 0 fully saturated rings. The van der Waals surface area contributed by atoms with Gasteiger partial charge in [0.1, 0.15) is 5.82 Å². The smallest absolute Gasteiger partial charge is 0.145 e. The first kappa shape index (κ1) is 18.5. The molecule has 0 aliphatic heterocycles. The van der Waals surface area contributed by atoms with Crippen LogP contribution in [0.3, 0.4) is 0 Å². The van der Waals surface area contributed by atoms with Crippen LogP contribution >= 0.6 is 11.8 Å². The van der Waals surface area contributed by atoms with Gasteiger partial charge in [0.15, 0.2) is 0 Å². The highest BCUT2D eigenvalue weighted by Crippen LogP contribution is 2.34. The number of imidazole rings is 1. The molecule has 2 aromatic carbocycles. The van der Waals surface area contributed by atoms with Crippen molar-refractivity contribution in [3.8, 4) is 11.3 Å². The number of benzene rings is 2. The highest BCUT2D eigenvalue weighted by atomic mass is 32.2. The Bertz CT molecular complexity index is 1210. The van der Waals surface area contributed by atoms with Gasteiger partial charge in [0.2, 0.25) is 0 Å². The molecule has 2 aromatic heterocycles. The lowest BCUT2D eigenvalue weighted by Gasteiger charge is -2.06. The van der Waals surface area contributed by atoms with Crippen molar-refractivity contribution in [1.29, 1.82) is 0 Å². The molecule has 28 heavy (non-hydrogen) atoms. The molecule has 0 aliphatic rings. The van der Waals surface area contributed by atoms with Crippen LogP contribution in [0.2, 0.25) is 0 Å². The van der Waals surface area contributed by atoms with E-state index in [2.05, 4.69) is 53.1 Å². The average molecular weight is 389 g/mol. The minimum Gasteiger partial charge on any atom is -0.298 e. The summed E-state index contributed by atoms with van der Waals surface area (Å²) in [6, 6.07) is 18.8. The van der Waals surface area contributed by atoms with E-state index >= 15 is 0 Å². The summed E-state index contributed by atoms with van der Waals surface area (Å²) in [5.74, 6) is 0.501. The third kappa shape index (κ3) is 3.25. The largest absolute Gasteiger partial charge is 0.298 e. The van der Waals surface area contributed by atoms with E-state index in [9.17, 15) is 4.39 Å². The van der Waals surface area contributed by atoms with Crippen molar-refractivity contribution in [2.24, 2.45) is 0 Å². The molecule has 0 spiro atoms. The molecule has 140 valence electrons. The number of hydrogen-bond acceptors (Lipinski definition) is 2. The van der Waals surface area contributed by atoms with E-state index in [1.54, 1.807) is 11.8 Å². The Morgan fingerprint density at radius 2 is 1.82 bits per heavy atom. The molecule has 0 atom stereocenters. The van der Waals surface area contributed by atoms with Crippen molar-refractivity contribution in [2.75, 3.05) is 6.26 Å². The van der Waals surface area contributed by atoms with Gasteiger partial charge in [-0.05, 0) is 49.8 Å². The summed E-state index contributed by atoms with van der Waals surface area (Å²) < 4.78 is 15.7. The molecule has 0 saturated heterocycles. The zero-order chi connectivity index (χ0) is 19.7. The van der Waals surface area contributed by atoms with Gasteiger partial charge in [-0.1, -0.05) is 42.5 Å². The van der Waals surface area contributed by atoms with E-state index in [1.807, 2.05) is 31.3 Å². The SMILES string of the molecule is C/C=C(\C=C(/C)F)c1nc(-c2ccc(SC)cc2)c2c3ccccc3ccn12. The molecular weight excluding hydrogens is 367 g/mol. The Kier molecular flexibility index (Phi) is 5.05. The van der Waals surface area contributed by atoms with Crippen LogP contribution in [0.4, 0.5) is 4.39 Å². The quantitative estimate of drug-likeness (QED) is 0.273. The zero-order valence-electron chi connectivity index (χ0n) is 16.1. The number of allylic oxidation sites excluding steroid dienone is 4. The molecule has 4 heteroatoms. The van der Waals surface area contributed by atoms with Crippen LogP contribution in [0.25, 0.3) is 33.1 Å². The summed E-state index contributed by atoms with van der Waals surface area (Å²) in [5.41, 5.74) is 3.75. The molecular formula is C24H21FN2S. The number of aromatic nitrogens is 2. The van der Waals surface area contributed by atoms with Gasteiger partial charge in [-0.15, -0.1) is 11.8 Å². The number of hydrogen-bond donors (Lipinski definition) is 0. The van der Waals surface area contributed by atoms with Gasteiger partial charge >= 0.3 is 0 Å². The molecule has 0 amide bonds. The highest BCUT2D eigenvalue weighted by Gasteiger charge is 2.17. The molecule has 2 nitrogen and oxygen atoms in total. The molecule has 2 heterocycles. The Hall–Kier alpha value is -2.85. The third-order valence-electron chi connectivity index (χ3n) is 4.82. The summed E-state index contributed by atoms with van der Waals surface area (Å²) in [6.45, 7) is 3.36. The lowest BCUT2D eigenvalue weighted by Crippen LogP contribution is -1.93. The number of nitrogens with zero attached hydrogens (tertiary/aromatic N) is 2. The second kappa shape index (κ2) is 7.64. The molecule has 0 aliphatic carbocycles. The molecule has 4 aromatic rings. The van der Waals surface area contributed by atoms with Gasteiger partial charge in [0.25, 0.3) is 0 Å². The standard InChI is InChI=1S/C24H21FN2S/c1-4-17(15-16(2)25)24-26-22(19-9-11-20(28-3)12-10-19)23-21-8-6-5-7-18(21)13-14-27(23)24/h4-15H,1-3H3/b16-15+,17-4+. The van der Waals surface area contributed by atoms with Crippen molar-refractivity contribution in [3.63, 3.8) is 0 Å². The molecule has 4 rings (SSSR count). The van der Waals surface area contributed by atoms with Gasteiger partial charge < -0.3 is 0 Å². The maximum absolute atomic E-state index is 13.7. The highest BCUT2D eigenvalue weighted by molar-refractivity contribution is 7.98. The van der Waals surface area contributed by atoms with Crippen LogP contribution < -0.4 is 0 Å². The van der Waals surface area contributed by atoms with Crippen molar-refractivity contribution in [1.82, 2.24) is 9.38 Å². The maximum atomic E-state index is 13.7. The van der Waals surface area contributed by atoms with Crippen molar-refractivity contribution >= 4 is 33.6 Å². The lowest BCUT2D eigenvalue weighted by atomic mass is 10.1. The predicted molar refractivity (Wildman–Crippen MR) is 118 cm³/mol. The fraction of sp³-hybridized carbons (Fsp3) is 0.125. The van der Waals surface area contributed by atoms with Crippen LogP contribution in [0.5, 0.6) is 0 Å². The van der Waals surface area contributed by atoms with Crippen LogP contribution in [0, 0.1) is 0 Å². The van der Waals surface area contributed by atoms with Gasteiger partial charge in [0.05, 0.1) is 17.0 Å². The lowest BCUT2D eigenvalue weighted by molar-refractivity contribution is 0.641. The van der Waals surface area contributed by atoms with E-state index in [4.69, 9.17) is 4.98 Å². The first-order valence-electron chi connectivity index (χ1n) is 9.17. The summed E-state index contributed by atoms with van der Waals surface area (Å²) in [5, 5.41) is 2.28. The van der Waals surface area contributed by atoms with Crippen LogP contribution in [-0.4, -0.2) is 15.6 Å². The number of pyridine rings is 1. The number of fused-ring (bicyclic) bond motifs is 3. The molecule has 0 unspecified atom stereocenters. The van der Waals surface area contributed by atoms with Crippen molar-refractivity contribution in [3.05, 3.63) is 84.6 Å². The number of halogens is 1. The Morgan fingerprint density at radius 1 is 1.07 bits per heavy atom. The molecule has 0 radical (unpaired) electrons. The average Bonchev–Trinajstić information content (AvgIpc) is 3.12. The van der Waals surface area contributed by atoms with Gasteiger partial charge in [-0.2, -0.15) is 0 Å². The Labute approximate surface area is 168 Å². The number of rotatable bonds is 4. The fourth-order valence-corrected chi connectivity index (χ4v) is 3.90. The van der Waals surface area contributed by atoms with Gasteiger partial charge in [0, 0.05) is 27.6 Å². The van der Waals surface area contributed by atoms with Crippen LogP contribution in [0.1, 0.15) is 19.7 Å². The monoisotopic (exact) mass is 388 g/mol.